The molecule has 2 aromatic rings. The molecule has 2 aromatic carbocycles. The average molecular weight is 363 g/mol. The molecule has 0 spiro atoms. The van der Waals surface area contributed by atoms with Crippen molar-refractivity contribution in [3.8, 4) is 11.1 Å². The lowest BCUT2D eigenvalue weighted by atomic mass is 9.98. The van der Waals surface area contributed by atoms with Crippen molar-refractivity contribution in [3.05, 3.63) is 58.1 Å². The zero-order chi connectivity index (χ0) is 16.3. The zero-order valence-corrected chi connectivity index (χ0v) is 14.5. The van der Waals surface area contributed by atoms with Crippen LogP contribution >= 0.6 is 15.9 Å². The second-order valence-corrected chi connectivity index (χ2v) is 6.96. The molecule has 4 heteroatoms. The third kappa shape index (κ3) is 4.18. The molecule has 0 aromatic heterocycles. The summed E-state index contributed by atoms with van der Waals surface area (Å²) in [4.78, 5) is 12.3. The number of esters is 1. The van der Waals surface area contributed by atoms with Gasteiger partial charge in [0.05, 0.1) is 12.2 Å². The van der Waals surface area contributed by atoms with E-state index < -0.39 is 5.60 Å². The van der Waals surface area contributed by atoms with Gasteiger partial charge in [0.15, 0.2) is 0 Å². The van der Waals surface area contributed by atoms with Gasteiger partial charge in [-0.25, -0.2) is 4.79 Å². The smallest absolute Gasteiger partial charge is 0.338 e. The molecule has 0 saturated carbocycles. The van der Waals surface area contributed by atoms with Gasteiger partial charge in [0.25, 0.3) is 0 Å². The molecule has 0 saturated heterocycles. The van der Waals surface area contributed by atoms with Crippen LogP contribution in [0.15, 0.2) is 46.9 Å². The van der Waals surface area contributed by atoms with Crippen molar-refractivity contribution in [1.82, 2.24) is 0 Å². The highest BCUT2D eigenvalue weighted by Crippen LogP contribution is 2.29. The van der Waals surface area contributed by atoms with Gasteiger partial charge in [0.2, 0.25) is 0 Å². The largest absolute Gasteiger partial charge is 0.456 e. The molecule has 2 rings (SSSR count). The minimum atomic E-state index is -0.539. The van der Waals surface area contributed by atoms with E-state index in [4.69, 9.17) is 4.74 Å². The van der Waals surface area contributed by atoms with Crippen molar-refractivity contribution in [2.24, 2.45) is 0 Å². The predicted octanol–water partition coefficient (Wildman–Crippen LogP) is 4.56. The van der Waals surface area contributed by atoms with E-state index in [0.29, 0.717) is 5.56 Å². The van der Waals surface area contributed by atoms with Gasteiger partial charge in [-0.05, 0) is 55.7 Å². The van der Waals surface area contributed by atoms with Crippen molar-refractivity contribution in [2.75, 3.05) is 0 Å². The lowest BCUT2D eigenvalue weighted by Gasteiger charge is -2.20. The third-order valence-electron chi connectivity index (χ3n) is 3.03. The Labute approximate surface area is 139 Å². The molecule has 0 amide bonds. The summed E-state index contributed by atoms with van der Waals surface area (Å²) < 4.78 is 6.21. The van der Waals surface area contributed by atoms with E-state index in [1.165, 1.54) is 0 Å². The highest BCUT2D eigenvalue weighted by atomic mass is 79.9. The summed E-state index contributed by atoms with van der Waals surface area (Å²) >= 11 is 3.43. The molecule has 0 fully saturated rings. The Balaban J connectivity index is 2.45. The van der Waals surface area contributed by atoms with Gasteiger partial charge in [-0.3, -0.25) is 0 Å². The first-order valence-corrected chi connectivity index (χ1v) is 7.82. The number of carbonyl (C=O) groups excluding carboxylic acids is 1. The van der Waals surface area contributed by atoms with Crippen molar-refractivity contribution >= 4 is 21.9 Å². The van der Waals surface area contributed by atoms with E-state index in [-0.39, 0.29) is 12.6 Å². The monoisotopic (exact) mass is 362 g/mol. The third-order valence-corrected chi connectivity index (χ3v) is 3.49. The first kappa shape index (κ1) is 16.7. The molecule has 0 bridgehead atoms. The van der Waals surface area contributed by atoms with Crippen LogP contribution in [0, 0.1) is 0 Å². The van der Waals surface area contributed by atoms with Crippen LogP contribution < -0.4 is 0 Å². The molecule has 22 heavy (non-hydrogen) atoms. The first-order chi connectivity index (χ1) is 10.3. The number of hydrogen-bond acceptors (Lipinski definition) is 3. The molecule has 0 atom stereocenters. The van der Waals surface area contributed by atoms with Crippen LogP contribution in [0.5, 0.6) is 0 Å². The topological polar surface area (TPSA) is 46.5 Å². The Bertz CT molecular complexity index is 687. The normalized spacial score (nSPS) is 11.3. The minimum absolute atomic E-state index is 0.0511. The fourth-order valence-corrected chi connectivity index (χ4v) is 2.63. The number of aliphatic hydroxyl groups is 1. The highest BCUT2D eigenvalue weighted by molar-refractivity contribution is 9.10. The fourth-order valence-electron chi connectivity index (χ4n) is 2.14. The SMILES string of the molecule is CC(C)(C)OC(=O)c1cc(Br)cc(-c2ccccc2CO)c1. The Hall–Kier alpha value is -1.65. The standard InChI is InChI=1S/C18H19BrO3/c1-18(2,3)22-17(21)14-8-13(9-15(19)10-14)16-7-5-4-6-12(16)11-20/h4-10,20H,11H2,1-3H3. The van der Waals surface area contributed by atoms with E-state index in [1.54, 1.807) is 12.1 Å². The van der Waals surface area contributed by atoms with E-state index in [9.17, 15) is 9.90 Å². The second kappa shape index (κ2) is 6.63. The van der Waals surface area contributed by atoms with Crippen LogP contribution in [0.1, 0.15) is 36.7 Å². The molecule has 0 heterocycles. The molecular weight excluding hydrogens is 344 g/mol. The highest BCUT2D eigenvalue weighted by Gasteiger charge is 2.19. The molecule has 116 valence electrons. The molecule has 0 aliphatic heterocycles. The summed E-state index contributed by atoms with van der Waals surface area (Å²) in [6.45, 7) is 5.46. The van der Waals surface area contributed by atoms with Crippen LogP contribution in [0.25, 0.3) is 11.1 Å². The number of carbonyl (C=O) groups is 1. The Morgan fingerprint density at radius 2 is 1.86 bits per heavy atom. The Morgan fingerprint density at radius 3 is 2.50 bits per heavy atom. The second-order valence-electron chi connectivity index (χ2n) is 6.05. The van der Waals surface area contributed by atoms with Crippen LogP contribution in [0.4, 0.5) is 0 Å². The molecule has 1 N–H and O–H groups in total. The van der Waals surface area contributed by atoms with Crippen molar-refractivity contribution < 1.29 is 14.6 Å². The van der Waals surface area contributed by atoms with Crippen LogP contribution in [0.2, 0.25) is 0 Å². The van der Waals surface area contributed by atoms with Gasteiger partial charge in [-0.15, -0.1) is 0 Å². The quantitative estimate of drug-likeness (QED) is 0.813. The van der Waals surface area contributed by atoms with Gasteiger partial charge in [-0.1, -0.05) is 40.2 Å². The van der Waals surface area contributed by atoms with Crippen LogP contribution in [0.3, 0.4) is 0 Å². The zero-order valence-electron chi connectivity index (χ0n) is 12.9. The number of hydrogen-bond donors (Lipinski definition) is 1. The maximum atomic E-state index is 12.3. The first-order valence-electron chi connectivity index (χ1n) is 7.03. The number of aliphatic hydroxyl groups excluding tert-OH is 1. The molecule has 0 aliphatic rings. The maximum absolute atomic E-state index is 12.3. The van der Waals surface area contributed by atoms with Crippen molar-refractivity contribution in [1.29, 1.82) is 0 Å². The molecule has 0 radical (unpaired) electrons. The lowest BCUT2D eigenvalue weighted by molar-refractivity contribution is 0.00695. The van der Waals surface area contributed by atoms with E-state index >= 15 is 0 Å². The summed E-state index contributed by atoms with van der Waals surface area (Å²) in [5, 5.41) is 9.48. The lowest BCUT2D eigenvalue weighted by Crippen LogP contribution is -2.23. The van der Waals surface area contributed by atoms with Gasteiger partial charge in [0.1, 0.15) is 5.60 Å². The fraction of sp³-hybridized carbons (Fsp3) is 0.278. The number of rotatable bonds is 3. The summed E-state index contributed by atoms with van der Waals surface area (Å²) in [5.41, 5.74) is 2.52. The maximum Gasteiger partial charge on any atom is 0.338 e. The summed E-state index contributed by atoms with van der Waals surface area (Å²) in [6, 6.07) is 13.0. The van der Waals surface area contributed by atoms with Crippen LogP contribution in [-0.2, 0) is 11.3 Å². The number of ether oxygens (including phenoxy) is 1. The molecule has 0 unspecified atom stereocenters. The van der Waals surface area contributed by atoms with Gasteiger partial charge in [-0.2, -0.15) is 0 Å². The number of benzene rings is 2. The van der Waals surface area contributed by atoms with E-state index in [2.05, 4.69) is 15.9 Å². The number of halogens is 1. The molecular formula is C18H19BrO3. The molecule has 3 nitrogen and oxygen atoms in total. The summed E-state index contributed by atoms with van der Waals surface area (Å²) in [5.74, 6) is -0.364. The molecule has 0 aliphatic carbocycles. The average Bonchev–Trinajstić information content (AvgIpc) is 2.44. The predicted molar refractivity (Wildman–Crippen MR) is 90.7 cm³/mol. The van der Waals surface area contributed by atoms with Gasteiger partial charge < -0.3 is 9.84 Å². The van der Waals surface area contributed by atoms with Crippen LogP contribution in [-0.4, -0.2) is 16.7 Å². The van der Waals surface area contributed by atoms with Gasteiger partial charge >= 0.3 is 5.97 Å². The summed E-state index contributed by atoms with van der Waals surface area (Å²) in [7, 11) is 0. The minimum Gasteiger partial charge on any atom is -0.456 e. The summed E-state index contributed by atoms with van der Waals surface area (Å²) in [6.07, 6.45) is 0. The van der Waals surface area contributed by atoms with Crippen molar-refractivity contribution in [3.63, 3.8) is 0 Å². The Morgan fingerprint density at radius 1 is 1.18 bits per heavy atom. The van der Waals surface area contributed by atoms with E-state index in [0.717, 1.165) is 21.2 Å². The van der Waals surface area contributed by atoms with E-state index in [1.807, 2.05) is 51.1 Å². The van der Waals surface area contributed by atoms with Gasteiger partial charge in [0, 0.05) is 4.47 Å². The van der Waals surface area contributed by atoms with Crippen molar-refractivity contribution in [2.45, 2.75) is 33.0 Å². The Kier molecular flexibility index (Phi) is 5.04.